The fraction of sp³-hybridized carbons (Fsp3) is 0.350. The Morgan fingerprint density at radius 3 is 2.48 bits per heavy atom. The highest BCUT2D eigenvalue weighted by Gasteiger charge is 2.20. The van der Waals surface area contributed by atoms with Crippen molar-refractivity contribution < 1.29 is 5.11 Å². The molecule has 0 spiro atoms. The predicted octanol–water partition coefficient (Wildman–Crippen LogP) is 3.91. The molecule has 1 saturated carbocycles. The Morgan fingerprint density at radius 1 is 1.07 bits per heavy atom. The van der Waals surface area contributed by atoms with E-state index in [1.54, 1.807) is 10.9 Å². The molecule has 140 valence electrons. The molecule has 7 heteroatoms. The largest absolute Gasteiger partial charge is 0.393 e. The predicted molar refractivity (Wildman–Crippen MR) is 107 cm³/mol. The number of hydrogen-bond donors (Lipinski definition) is 2. The van der Waals surface area contributed by atoms with Gasteiger partial charge in [-0.15, -0.1) is 0 Å². The molecule has 0 saturated heterocycles. The lowest BCUT2D eigenvalue weighted by Crippen LogP contribution is -2.28. The van der Waals surface area contributed by atoms with E-state index < -0.39 is 0 Å². The highest BCUT2D eigenvalue weighted by molar-refractivity contribution is 6.30. The van der Waals surface area contributed by atoms with E-state index in [4.69, 9.17) is 21.6 Å². The van der Waals surface area contributed by atoms with Crippen LogP contribution in [0.15, 0.2) is 42.7 Å². The quantitative estimate of drug-likeness (QED) is 0.714. The zero-order valence-electron chi connectivity index (χ0n) is 15.1. The number of rotatable bonds is 4. The molecule has 2 aromatic heterocycles. The van der Waals surface area contributed by atoms with Gasteiger partial charge >= 0.3 is 0 Å². The van der Waals surface area contributed by atoms with E-state index in [2.05, 4.69) is 10.4 Å². The first kappa shape index (κ1) is 17.9. The van der Waals surface area contributed by atoms with Crippen LogP contribution >= 0.6 is 11.6 Å². The maximum absolute atomic E-state index is 9.73. The molecule has 0 atom stereocenters. The van der Waals surface area contributed by atoms with Crippen LogP contribution in [-0.2, 0) is 7.05 Å². The van der Waals surface area contributed by atoms with Crippen LogP contribution in [-0.4, -0.2) is 37.0 Å². The van der Waals surface area contributed by atoms with Crippen molar-refractivity contribution in [3.05, 3.63) is 47.7 Å². The van der Waals surface area contributed by atoms with Gasteiger partial charge < -0.3 is 10.4 Å². The molecular weight excluding hydrogens is 362 g/mol. The molecule has 0 bridgehead atoms. The summed E-state index contributed by atoms with van der Waals surface area (Å²) in [6.45, 7) is 0. The van der Waals surface area contributed by atoms with Gasteiger partial charge in [0.25, 0.3) is 0 Å². The smallest absolute Gasteiger partial charge is 0.165 e. The lowest BCUT2D eigenvalue weighted by atomic mass is 9.93. The van der Waals surface area contributed by atoms with Gasteiger partial charge in [-0.1, -0.05) is 23.7 Å². The van der Waals surface area contributed by atoms with Gasteiger partial charge in [-0.05, 0) is 37.8 Å². The minimum Gasteiger partial charge on any atom is -0.393 e. The number of aromatic nitrogens is 4. The number of nitrogens with one attached hydrogen (secondary N) is 1. The Morgan fingerprint density at radius 2 is 1.81 bits per heavy atom. The Hall–Kier alpha value is -2.44. The molecule has 2 N–H and O–H groups in total. The fourth-order valence-electron chi connectivity index (χ4n) is 3.38. The van der Waals surface area contributed by atoms with Gasteiger partial charge in [0.05, 0.1) is 23.6 Å². The Balaban J connectivity index is 1.69. The molecule has 1 fully saturated rings. The molecular formula is C20H22ClN5O. The van der Waals surface area contributed by atoms with E-state index >= 15 is 0 Å². The second kappa shape index (κ2) is 7.66. The van der Waals surface area contributed by atoms with E-state index in [-0.39, 0.29) is 6.10 Å². The molecule has 0 amide bonds. The summed E-state index contributed by atoms with van der Waals surface area (Å²) in [6, 6.07) is 9.91. The Kier molecular flexibility index (Phi) is 5.09. The van der Waals surface area contributed by atoms with Crippen molar-refractivity contribution in [2.24, 2.45) is 7.05 Å². The van der Waals surface area contributed by atoms with Gasteiger partial charge in [-0.3, -0.25) is 4.68 Å². The molecule has 0 aliphatic heterocycles. The molecule has 6 nitrogen and oxygen atoms in total. The molecule has 0 unspecified atom stereocenters. The second-order valence-electron chi connectivity index (χ2n) is 7.02. The Bertz CT molecular complexity index is 916. The van der Waals surface area contributed by atoms with Gasteiger partial charge in [0.1, 0.15) is 5.82 Å². The van der Waals surface area contributed by atoms with Gasteiger partial charge in [0, 0.05) is 35.9 Å². The zero-order valence-corrected chi connectivity index (χ0v) is 15.9. The van der Waals surface area contributed by atoms with Crippen LogP contribution < -0.4 is 5.32 Å². The summed E-state index contributed by atoms with van der Waals surface area (Å²) in [5.41, 5.74) is 2.68. The first-order chi connectivity index (χ1) is 13.1. The number of benzene rings is 1. The normalized spacial score (nSPS) is 19.8. The lowest BCUT2D eigenvalue weighted by molar-refractivity contribution is 0.126. The molecule has 1 aliphatic rings. The van der Waals surface area contributed by atoms with Crippen LogP contribution in [0.5, 0.6) is 0 Å². The number of nitrogens with zero attached hydrogens (tertiary/aromatic N) is 4. The van der Waals surface area contributed by atoms with Gasteiger partial charge in [0.2, 0.25) is 0 Å². The second-order valence-corrected chi connectivity index (χ2v) is 7.46. The average Bonchev–Trinajstić information content (AvgIpc) is 3.10. The van der Waals surface area contributed by atoms with Crippen molar-refractivity contribution in [3.8, 4) is 22.6 Å². The molecule has 1 aliphatic carbocycles. The van der Waals surface area contributed by atoms with E-state index in [1.165, 1.54) is 0 Å². The van der Waals surface area contributed by atoms with Crippen LogP contribution in [0, 0.1) is 0 Å². The van der Waals surface area contributed by atoms with Crippen molar-refractivity contribution in [1.82, 2.24) is 19.7 Å². The van der Waals surface area contributed by atoms with Crippen molar-refractivity contribution >= 4 is 17.4 Å². The van der Waals surface area contributed by atoms with Crippen LogP contribution in [0.2, 0.25) is 5.02 Å². The van der Waals surface area contributed by atoms with Gasteiger partial charge in [0.15, 0.2) is 5.82 Å². The number of aliphatic hydroxyl groups is 1. The van der Waals surface area contributed by atoms with Crippen LogP contribution in [0.4, 0.5) is 5.82 Å². The summed E-state index contributed by atoms with van der Waals surface area (Å²) in [6.07, 6.45) is 7.01. The monoisotopic (exact) mass is 383 g/mol. The summed E-state index contributed by atoms with van der Waals surface area (Å²) in [7, 11) is 1.87. The molecule has 0 radical (unpaired) electrons. The number of anilines is 1. The third kappa shape index (κ3) is 4.28. The third-order valence-electron chi connectivity index (χ3n) is 4.88. The maximum Gasteiger partial charge on any atom is 0.165 e. The Labute approximate surface area is 163 Å². The summed E-state index contributed by atoms with van der Waals surface area (Å²) in [5, 5.41) is 18.2. The number of aryl methyl sites for hydroxylation is 1. The van der Waals surface area contributed by atoms with E-state index in [0.29, 0.717) is 16.9 Å². The summed E-state index contributed by atoms with van der Waals surface area (Å²) in [4.78, 5) is 9.44. The first-order valence-electron chi connectivity index (χ1n) is 9.15. The average molecular weight is 384 g/mol. The van der Waals surface area contributed by atoms with Gasteiger partial charge in [-0.25, -0.2) is 9.97 Å². The van der Waals surface area contributed by atoms with Crippen molar-refractivity contribution in [1.29, 1.82) is 0 Å². The zero-order chi connectivity index (χ0) is 18.8. The SMILES string of the molecule is Cn1cc(-c2nc(NC3CCC(O)CC3)cc(-c3ccc(Cl)cc3)n2)cn1. The van der Waals surface area contributed by atoms with Crippen molar-refractivity contribution in [2.75, 3.05) is 5.32 Å². The molecule has 4 rings (SSSR count). The van der Waals surface area contributed by atoms with Crippen LogP contribution in [0.1, 0.15) is 25.7 Å². The highest BCUT2D eigenvalue weighted by Crippen LogP contribution is 2.27. The topological polar surface area (TPSA) is 75.9 Å². The maximum atomic E-state index is 9.73. The molecule has 2 heterocycles. The van der Waals surface area contributed by atoms with Crippen LogP contribution in [0.25, 0.3) is 22.6 Å². The summed E-state index contributed by atoms with van der Waals surface area (Å²) < 4.78 is 1.74. The third-order valence-corrected chi connectivity index (χ3v) is 5.13. The minimum absolute atomic E-state index is 0.177. The number of aliphatic hydroxyl groups excluding tert-OH is 1. The van der Waals surface area contributed by atoms with Crippen molar-refractivity contribution in [2.45, 2.75) is 37.8 Å². The van der Waals surface area contributed by atoms with Crippen LogP contribution in [0.3, 0.4) is 0 Å². The summed E-state index contributed by atoms with van der Waals surface area (Å²) >= 11 is 6.02. The minimum atomic E-state index is -0.177. The van der Waals surface area contributed by atoms with Gasteiger partial charge in [-0.2, -0.15) is 5.10 Å². The lowest BCUT2D eigenvalue weighted by Gasteiger charge is -2.26. The van der Waals surface area contributed by atoms with E-state index in [9.17, 15) is 5.11 Å². The molecule has 3 aromatic rings. The fourth-order valence-corrected chi connectivity index (χ4v) is 3.51. The number of halogens is 1. The highest BCUT2D eigenvalue weighted by atomic mass is 35.5. The first-order valence-corrected chi connectivity index (χ1v) is 9.53. The summed E-state index contributed by atoms with van der Waals surface area (Å²) in [5.74, 6) is 1.42. The molecule has 1 aromatic carbocycles. The number of hydrogen-bond acceptors (Lipinski definition) is 5. The van der Waals surface area contributed by atoms with Crippen molar-refractivity contribution in [3.63, 3.8) is 0 Å². The molecule has 27 heavy (non-hydrogen) atoms. The standard InChI is InChI=1S/C20H22ClN5O/c1-26-12-14(11-22-26)20-24-18(13-2-4-15(21)5-3-13)10-19(25-20)23-16-6-8-17(27)9-7-16/h2-5,10-12,16-17,27H,6-9H2,1H3,(H,23,24,25). The van der Waals surface area contributed by atoms with E-state index in [0.717, 1.165) is 48.3 Å². The van der Waals surface area contributed by atoms with E-state index in [1.807, 2.05) is 43.6 Å².